The van der Waals surface area contributed by atoms with Crippen LogP contribution in [0, 0.1) is 10.1 Å². The van der Waals surface area contributed by atoms with Crippen LogP contribution in [0.25, 0.3) is 22.2 Å². The Morgan fingerprint density at radius 3 is 2.88 bits per heavy atom. The summed E-state index contributed by atoms with van der Waals surface area (Å²) in [5, 5.41) is 21.9. The predicted octanol–water partition coefficient (Wildman–Crippen LogP) is 1.54. The van der Waals surface area contributed by atoms with Crippen molar-refractivity contribution in [2.75, 3.05) is 19.6 Å². The van der Waals surface area contributed by atoms with Gasteiger partial charge in [0.25, 0.3) is 5.91 Å². The van der Waals surface area contributed by atoms with E-state index in [1.54, 1.807) is 36.4 Å². The average molecular weight is 353 g/mol. The molecule has 132 valence electrons. The van der Waals surface area contributed by atoms with Crippen molar-refractivity contribution in [1.82, 2.24) is 20.6 Å². The Kier molecular flexibility index (Phi) is 4.05. The molecule has 1 amide bonds. The highest BCUT2D eigenvalue weighted by Gasteiger charge is 2.36. The van der Waals surface area contributed by atoms with E-state index in [0.717, 1.165) is 0 Å². The Morgan fingerprint density at radius 1 is 1.23 bits per heavy atom. The van der Waals surface area contributed by atoms with E-state index in [-0.39, 0.29) is 19.0 Å². The molecule has 2 aromatic carbocycles. The molecule has 9 heteroatoms. The summed E-state index contributed by atoms with van der Waals surface area (Å²) in [5.41, 5.74) is 2.77. The Hall–Kier alpha value is -3.33. The first-order chi connectivity index (χ1) is 12.7. The molecule has 0 aliphatic carbocycles. The molecule has 1 aromatic heterocycles. The largest absolute Gasteiger partial charge is 0.337 e. The summed E-state index contributed by atoms with van der Waals surface area (Å²) in [6, 6.07) is 12.4. The van der Waals surface area contributed by atoms with Gasteiger partial charge in [0.15, 0.2) is 5.58 Å². The van der Waals surface area contributed by atoms with Gasteiger partial charge in [-0.25, -0.2) is 0 Å². The number of benzene rings is 2. The van der Waals surface area contributed by atoms with Crippen molar-refractivity contribution in [1.29, 1.82) is 0 Å². The summed E-state index contributed by atoms with van der Waals surface area (Å²) in [5.74, 6) is -0.378. The van der Waals surface area contributed by atoms with Gasteiger partial charge in [-0.15, -0.1) is 5.10 Å². The predicted molar refractivity (Wildman–Crippen MR) is 91.9 cm³/mol. The normalized spacial score (nSPS) is 17.4. The summed E-state index contributed by atoms with van der Waals surface area (Å²) < 4.78 is 5.09. The van der Waals surface area contributed by atoms with Crippen molar-refractivity contribution in [3.8, 4) is 11.1 Å². The standard InChI is InChI=1S/C17H15N5O4/c23-17(21-9-8-18-10-15(21)22(24)25)13-5-2-1-4-11(13)12-6-3-7-14-16(12)19-20-26-14/h1-7,15,18H,8-10H2. The fraction of sp³-hybridized carbons (Fsp3) is 0.235. The Bertz CT molecular complexity index is 986. The lowest BCUT2D eigenvalue weighted by Crippen LogP contribution is -2.56. The van der Waals surface area contributed by atoms with Gasteiger partial charge in [-0.1, -0.05) is 30.3 Å². The van der Waals surface area contributed by atoms with Crippen molar-refractivity contribution in [2.45, 2.75) is 6.17 Å². The van der Waals surface area contributed by atoms with Crippen LogP contribution in [0.3, 0.4) is 0 Å². The first-order valence-corrected chi connectivity index (χ1v) is 8.12. The number of fused-ring (bicyclic) bond motifs is 1. The summed E-state index contributed by atoms with van der Waals surface area (Å²) in [6.07, 6.45) is -1.09. The zero-order valence-corrected chi connectivity index (χ0v) is 13.7. The molecule has 0 saturated carbocycles. The van der Waals surface area contributed by atoms with E-state index in [0.29, 0.717) is 34.3 Å². The van der Waals surface area contributed by atoms with Gasteiger partial charge in [0.2, 0.25) is 0 Å². The highest BCUT2D eigenvalue weighted by atomic mass is 16.6. The van der Waals surface area contributed by atoms with E-state index in [9.17, 15) is 14.9 Å². The number of carbonyl (C=O) groups excluding carboxylic acids is 1. The molecule has 1 atom stereocenters. The van der Waals surface area contributed by atoms with Crippen molar-refractivity contribution >= 4 is 17.0 Å². The van der Waals surface area contributed by atoms with Crippen LogP contribution in [-0.2, 0) is 0 Å². The number of nitrogens with zero attached hydrogens (tertiary/aromatic N) is 4. The van der Waals surface area contributed by atoms with Crippen LogP contribution >= 0.6 is 0 Å². The highest BCUT2D eigenvalue weighted by molar-refractivity contribution is 6.04. The third kappa shape index (κ3) is 2.68. The molecular weight excluding hydrogens is 338 g/mol. The lowest BCUT2D eigenvalue weighted by Gasteiger charge is -2.30. The lowest BCUT2D eigenvalue weighted by atomic mass is 9.97. The molecule has 1 saturated heterocycles. The van der Waals surface area contributed by atoms with Gasteiger partial charge in [-0.3, -0.25) is 19.8 Å². The van der Waals surface area contributed by atoms with E-state index >= 15 is 0 Å². The van der Waals surface area contributed by atoms with Crippen molar-refractivity contribution in [3.63, 3.8) is 0 Å². The summed E-state index contributed by atoms with van der Waals surface area (Å²) >= 11 is 0. The number of hydrogen-bond donors (Lipinski definition) is 1. The Balaban J connectivity index is 1.80. The number of aromatic nitrogens is 2. The van der Waals surface area contributed by atoms with Crippen LogP contribution in [0.4, 0.5) is 0 Å². The number of nitro groups is 1. The minimum atomic E-state index is -1.09. The van der Waals surface area contributed by atoms with E-state index in [1.165, 1.54) is 4.90 Å². The maximum absolute atomic E-state index is 13.1. The van der Waals surface area contributed by atoms with Crippen molar-refractivity contribution < 1.29 is 14.2 Å². The summed E-state index contributed by atoms with van der Waals surface area (Å²) in [6.45, 7) is 0.916. The number of carbonyl (C=O) groups is 1. The molecule has 26 heavy (non-hydrogen) atoms. The maximum atomic E-state index is 13.1. The number of rotatable bonds is 3. The Morgan fingerprint density at radius 2 is 2.04 bits per heavy atom. The van der Waals surface area contributed by atoms with Crippen LogP contribution < -0.4 is 5.32 Å². The van der Waals surface area contributed by atoms with Gasteiger partial charge in [0, 0.05) is 34.4 Å². The smallest absolute Gasteiger partial charge is 0.301 e. The minimum Gasteiger partial charge on any atom is -0.337 e. The molecule has 4 rings (SSSR count). The van der Waals surface area contributed by atoms with Crippen LogP contribution in [0.1, 0.15) is 10.4 Å². The molecule has 1 N–H and O–H groups in total. The van der Waals surface area contributed by atoms with E-state index < -0.39 is 11.1 Å². The first kappa shape index (κ1) is 16.2. The molecular formula is C17H15N5O4. The zero-order chi connectivity index (χ0) is 18.1. The van der Waals surface area contributed by atoms with Crippen molar-refractivity contribution in [3.05, 3.63) is 58.1 Å². The molecule has 1 aliphatic heterocycles. The SMILES string of the molecule is O=C(c1ccccc1-c1cccc2onnc12)N1CCNCC1[N+](=O)[O-]. The van der Waals surface area contributed by atoms with Crippen LogP contribution in [0.5, 0.6) is 0 Å². The Labute approximate surface area is 147 Å². The monoisotopic (exact) mass is 353 g/mol. The molecule has 9 nitrogen and oxygen atoms in total. The van der Waals surface area contributed by atoms with Crippen LogP contribution in [0.15, 0.2) is 47.0 Å². The molecule has 1 fully saturated rings. The first-order valence-electron chi connectivity index (χ1n) is 8.12. The van der Waals surface area contributed by atoms with Gasteiger partial charge in [-0.2, -0.15) is 0 Å². The average Bonchev–Trinajstić information content (AvgIpc) is 3.16. The molecule has 0 bridgehead atoms. The van der Waals surface area contributed by atoms with Crippen LogP contribution in [-0.4, -0.2) is 51.9 Å². The second kappa shape index (κ2) is 6.52. The molecule has 0 spiro atoms. The lowest BCUT2D eigenvalue weighted by molar-refractivity contribution is -0.545. The minimum absolute atomic E-state index is 0.129. The van der Waals surface area contributed by atoms with Gasteiger partial charge < -0.3 is 9.84 Å². The van der Waals surface area contributed by atoms with E-state index in [1.807, 2.05) is 6.07 Å². The fourth-order valence-corrected chi connectivity index (χ4v) is 3.20. The number of piperazine rings is 1. The molecule has 1 unspecified atom stereocenters. The number of hydrogen-bond acceptors (Lipinski definition) is 7. The summed E-state index contributed by atoms with van der Waals surface area (Å²) in [4.78, 5) is 25.3. The molecule has 2 heterocycles. The van der Waals surface area contributed by atoms with Gasteiger partial charge >= 0.3 is 6.17 Å². The van der Waals surface area contributed by atoms with E-state index in [4.69, 9.17) is 4.52 Å². The third-order valence-corrected chi connectivity index (χ3v) is 4.45. The maximum Gasteiger partial charge on any atom is 0.301 e. The zero-order valence-electron chi connectivity index (χ0n) is 13.7. The second-order valence-electron chi connectivity index (χ2n) is 5.94. The van der Waals surface area contributed by atoms with Crippen molar-refractivity contribution in [2.24, 2.45) is 0 Å². The highest BCUT2D eigenvalue weighted by Crippen LogP contribution is 2.30. The van der Waals surface area contributed by atoms with E-state index in [2.05, 4.69) is 15.7 Å². The quantitative estimate of drug-likeness (QED) is 0.561. The molecule has 1 aliphatic rings. The molecule has 0 radical (unpaired) electrons. The second-order valence-corrected chi connectivity index (χ2v) is 5.94. The van der Waals surface area contributed by atoms with Gasteiger partial charge in [0.1, 0.15) is 5.52 Å². The number of amides is 1. The van der Waals surface area contributed by atoms with Gasteiger partial charge in [-0.05, 0) is 17.7 Å². The third-order valence-electron chi connectivity index (χ3n) is 4.45. The fourth-order valence-electron chi connectivity index (χ4n) is 3.20. The summed E-state index contributed by atoms with van der Waals surface area (Å²) in [7, 11) is 0. The van der Waals surface area contributed by atoms with Crippen LogP contribution in [0.2, 0.25) is 0 Å². The number of nitrogens with one attached hydrogen (secondary N) is 1. The molecule has 3 aromatic rings. The topological polar surface area (TPSA) is 114 Å². The van der Waals surface area contributed by atoms with Gasteiger partial charge in [0.05, 0.1) is 6.54 Å².